The molecule has 4 rings (SSSR count). The molecule has 0 aliphatic rings. The standard InChI is InChI=1S/C24H22ClFN2/c25-22-15-18(26)10-11-20(22)24-19(8-4-5-13-27)21-14-17(9-12-23(21)28-24)16-6-2-1-3-7-16/h1-3,6-7,9-12,14-15,28H,4-5,8,13,27H2. The van der Waals surface area contributed by atoms with Crippen LogP contribution < -0.4 is 5.73 Å². The second kappa shape index (κ2) is 8.17. The minimum absolute atomic E-state index is 0.332. The molecule has 0 aliphatic carbocycles. The number of aromatic nitrogens is 1. The molecule has 28 heavy (non-hydrogen) atoms. The van der Waals surface area contributed by atoms with Gasteiger partial charge in [-0.05, 0) is 72.8 Å². The van der Waals surface area contributed by atoms with Gasteiger partial charge < -0.3 is 10.7 Å². The number of halogens is 2. The molecule has 0 unspecified atom stereocenters. The predicted octanol–water partition coefficient (Wildman–Crippen LogP) is 6.58. The SMILES string of the molecule is NCCCCc1c(-c2ccc(F)cc2Cl)[nH]c2ccc(-c3ccccc3)cc12. The zero-order valence-electron chi connectivity index (χ0n) is 15.5. The summed E-state index contributed by atoms with van der Waals surface area (Å²) >= 11 is 6.37. The van der Waals surface area contributed by atoms with Gasteiger partial charge in [0.1, 0.15) is 5.82 Å². The van der Waals surface area contributed by atoms with Crippen LogP contribution in [0.4, 0.5) is 4.39 Å². The molecule has 2 nitrogen and oxygen atoms in total. The fraction of sp³-hybridized carbons (Fsp3) is 0.167. The fourth-order valence-corrected chi connectivity index (χ4v) is 3.95. The van der Waals surface area contributed by atoms with Gasteiger partial charge in [-0.25, -0.2) is 4.39 Å². The van der Waals surface area contributed by atoms with Crippen molar-refractivity contribution in [1.29, 1.82) is 0 Å². The molecular weight excluding hydrogens is 371 g/mol. The molecule has 4 heteroatoms. The molecule has 1 aromatic heterocycles. The number of nitrogens with one attached hydrogen (secondary N) is 1. The largest absolute Gasteiger partial charge is 0.354 e. The minimum Gasteiger partial charge on any atom is -0.354 e. The van der Waals surface area contributed by atoms with Crippen molar-refractivity contribution in [2.75, 3.05) is 6.54 Å². The number of rotatable bonds is 6. The molecule has 1 heterocycles. The van der Waals surface area contributed by atoms with Crippen LogP contribution in [0.3, 0.4) is 0 Å². The van der Waals surface area contributed by atoms with Crippen LogP contribution in [0.25, 0.3) is 33.3 Å². The maximum atomic E-state index is 13.5. The van der Waals surface area contributed by atoms with Crippen molar-refractivity contribution in [2.45, 2.75) is 19.3 Å². The van der Waals surface area contributed by atoms with Gasteiger partial charge in [-0.1, -0.05) is 48.0 Å². The van der Waals surface area contributed by atoms with Crippen LogP contribution in [0.2, 0.25) is 5.02 Å². The number of fused-ring (bicyclic) bond motifs is 1. The Morgan fingerprint density at radius 1 is 0.893 bits per heavy atom. The highest BCUT2D eigenvalue weighted by Crippen LogP contribution is 2.37. The van der Waals surface area contributed by atoms with Crippen LogP contribution >= 0.6 is 11.6 Å². The van der Waals surface area contributed by atoms with E-state index in [1.54, 1.807) is 6.07 Å². The van der Waals surface area contributed by atoms with Crippen LogP contribution in [-0.2, 0) is 6.42 Å². The Morgan fingerprint density at radius 3 is 2.46 bits per heavy atom. The highest BCUT2D eigenvalue weighted by Gasteiger charge is 2.16. The van der Waals surface area contributed by atoms with Gasteiger partial charge in [0.15, 0.2) is 0 Å². The Morgan fingerprint density at radius 2 is 1.71 bits per heavy atom. The third-order valence-electron chi connectivity index (χ3n) is 5.09. The molecule has 3 aromatic carbocycles. The van der Waals surface area contributed by atoms with E-state index >= 15 is 0 Å². The summed E-state index contributed by atoms with van der Waals surface area (Å²) in [5, 5.41) is 1.59. The first-order chi connectivity index (χ1) is 13.7. The molecular formula is C24H22ClFN2. The van der Waals surface area contributed by atoms with Crippen molar-refractivity contribution in [2.24, 2.45) is 5.73 Å². The number of nitrogens with two attached hydrogens (primary N) is 1. The van der Waals surface area contributed by atoms with Gasteiger partial charge in [0.25, 0.3) is 0 Å². The topological polar surface area (TPSA) is 41.8 Å². The van der Waals surface area contributed by atoms with Gasteiger partial charge in [0, 0.05) is 16.5 Å². The number of H-pyrrole nitrogens is 1. The van der Waals surface area contributed by atoms with Crippen molar-refractivity contribution in [3.05, 3.63) is 83.1 Å². The van der Waals surface area contributed by atoms with Gasteiger partial charge in [0.2, 0.25) is 0 Å². The molecule has 4 aromatic rings. The third kappa shape index (κ3) is 3.68. The maximum absolute atomic E-state index is 13.5. The number of hydrogen-bond acceptors (Lipinski definition) is 1. The lowest BCUT2D eigenvalue weighted by Crippen LogP contribution is -1.99. The van der Waals surface area contributed by atoms with E-state index in [1.165, 1.54) is 34.2 Å². The van der Waals surface area contributed by atoms with Crippen LogP contribution in [0.5, 0.6) is 0 Å². The molecule has 0 bridgehead atoms. The molecule has 142 valence electrons. The molecule has 0 amide bonds. The number of aryl methyl sites for hydroxylation is 1. The lowest BCUT2D eigenvalue weighted by atomic mass is 9.97. The summed E-state index contributed by atoms with van der Waals surface area (Å²) < 4.78 is 13.5. The van der Waals surface area contributed by atoms with E-state index in [1.807, 2.05) is 18.2 Å². The summed E-state index contributed by atoms with van der Waals surface area (Å²) in [6.07, 6.45) is 2.84. The third-order valence-corrected chi connectivity index (χ3v) is 5.41. The van der Waals surface area contributed by atoms with Crippen LogP contribution in [-0.4, -0.2) is 11.5 Å². The summed E-state index contributed by atoms with van der Waals surface area (Å²) in [6.45, 7) is 0.671. The van der Waals surface area contributed by atoms with Crippen molar-refractivity contribution < 1.29 is 4.39 Å². The molecule has 0 saturated heterocycles. The fourth-order valence-electron chi connectivity index (χ4n) is 3.69. The van der Waals surface area contributed by atoms with Crippen LogP contribution in [0.15, 0.2) is 66.7 Å². The first kappa shape index (κ1) is 18.7. The van der Waals surface area contributed by atoms with E-state index < -0.39 is 0 Å². The molecule has 0 radical (unpaired) electrons. The molecule has 3 N–H and O–H groups in total. The lowest BCUT2D eigenvalue weighted by molar-refractivity contribution is 0.628. The lowest BCUT2D eigenvalue weighted by Gasteiger charge is -2.08. The van der Waals surface area contributed by atoms with E-state index in [0.717, 1.165) is 36.0 Å². The highest BCUT2D eigenvalue weighted by atomic mass is 35.5. The van der Waals surface area contributed by atoms with E-state index in [-0.39, 0.29) is 5.82 Å². The zero-order chi connectivity index (χ0) is 19.5. The van der Waals surface area contributed by atoms with Gasteiger partial charge in [-0.2, -0.15) is 0 Å². The number of unbranched alkanes of at least 4 members (excludes halogenated alkanes) is 1. The molecule has 0 atom stereocenters. The van der Waals surface area contributed by atoms with Crippen LogP contribution in [0, 0.1) is 5.82 Å². The minimum atomic E-state index is -0.332. The average Bonchev–Trinajstić information content (AvgIpc) is 3.06. The number of aromatic amines is 1. The number of hydrogen-bond donors (Lipinski definition) is 2. The Balaban J connectivity index is 1.87. The first-order valence-corrected chi connectivity index (χ1v) is 9.90. The van der Waals surface area contributed by atoms with E-state index in [0.29, 0.717) is 11.6 Å². The summed E-state index contributed by atoms with van der Waals surface area (Å²) in [5.41, 5.74) is 12.1. The maximum Gasteiger partial charge on any atom is 0.124 e. The monoisotopic (exact) mass is 392 g/mol. The Bertz CT molecular complexity index is 1100. The molecule has 0 saturated carbocycles. The second-order valence-corrected chi connectivity index (χ2v) is 7.38. The Labute approximate surface area is 169 Å². The molecule has 0 fully saturated rings. The Kier molecular flexibility index (Phi) is 5.47. The smallest absolute Gasteiger partial charge is 0.124 e. The zero-order valence-corrected chi connectivity index (χ0v) is 16.3. The second-order valence-electron chi connectivity index (χ2n) is 6.97. The highest BCUT2D eigenvalue weighted by molar-refractivity contribution is 6.33. The van der Waals surface area contributed by atoms with Crippen molar-refractivity contribution >= 4 is 22.5 Å². The predicted molar refractivity (Wildman–Crippen MR) is 116 cm³/mol. The average molecular weight is 393 g/mol. The van der Waals surface area contributed by atoms with Gasteiger partial charge in [-0.15, -0.1) is 0 Å². The quantitative estimate of drug-likeness (QED) is 0.358. The molecule has 0 aliphatic heterocycles. The van der Waals surface area contributed by atoms with Gasteiger partial charge in [0.05, 0.1) is 10.7 Å². The summed E-state index contributed by atoms with van der Waals surface area (Å²) in [5.74, 6) is -0.332. The molecule has 0 spiro atoms. The summed E-state index contributed by atoms with van der Waals surface area (Å²) in [4.78, 5) is 3.51. The van der Waals surface area contributed by atoms with E-state index in [2.05, 4.69) is 35.3 Å². The van der Waals surface area contributed by atoms with Crippen molar-refractivity contribution in [1.82, 2.24) is 4.98 Å². The number of benzene rings is 3. The van der Waals surface area contributed by atoms with Crippen LogP contribution in [0.1, 0.15) is 18.4 Å². The first-order valence-electron chi connectivity index (χ1n) is 9.53. The van der Waals surface area contributed by atoms with E-state index in [4.69, 9.17) is 17.3 Å². The van der Waals surface area contributed by atoms with Crippen molar-refractivity contribution in [3.63, 3.8) is 0 Å². The van der Waals surface area contributed by atoms with E-state index in [9.17, 15) is 4.39 Å². The normalized spacial score (nSPS) is 11.2. The van der Waals surface area contributed by atoms with Crippen molar-refractivity contribution in [3.8, 4) is 22.4 Å². The Hall–Kier alpha value is -2.62. The van der Waals surface area contributed by atoms with Gasteiger partial charge in [-0.3, -0.25) is 0 Å². The van der Waals surface area contributed by atoms with Gasteiger partial charge >= 0.3 is 0 Å². The summed E-state index contributed by atoms with van der Waals surface area (Å²) in [6, 6.07) is 21.3. The summed E-state index contributed by atoms with van der Waals surface area (Å²) in [7, 11) is 0.